The van der Waals surface area contributed by atoms with Gasteiger partial charge in [0.05, 0.1) is 12.1 Å². The molecule has 0 fully saturated rings. The third kappa shape index (κ3) is 4.59. The van der Waals surface area contributed by atoms with Gasteiger partial charge in [-0.05, 0) is 31.5 Å². The first-order valence-corrected chi connectivity index (χ1v) is 6.46. The molecule has 3 nitrogen and oxygen atoms in total. The second kappa shape index (κ2) is 7.19. The lowest BCUT2D eigenvalue weighted by Crippen LogP contribution is -2.41. The van der Waals surface area contributed by atoms with E-state index in [1.807, 2.05) is 6.92 Å². The Morgan fingerprint density at radius 2 is 2.11 bits per heavy atom. The fourth-order valence-electron chi connectivity index (χ4n) is 1.80. The van der Waals surface area contributed by atoms with E-state index in [1.165, 1.54) is 0 Å². The summed E-state index contributed by atoms with van der Waals surface area (Å²) in [4.78, 5) is 11.8. The SMILES string of the molecule is CCCCC(N)C(=O)NC(C)c1cc(F)ccc1F. The normalized spacial score (nSPS) is 13.9. The van der Waals surface area contributed by atoms with Gasteiger partial charge < -0.3 is 11.1 Å². The number of unbranched alkanes of at least 4 members (excludes halogenated alkanes) is 1. The lowest BCUT2D eigenvalue weighted by atomic mass is 10.1. The highest BCUT2D eigenvalue weighted by molar-refractivity contribution is 5.81. The van der Waals surface area contributed by atoms with E-state index in [0.717, 1.165) is 31.0 Å². The minimum Gasteiger partial charge on any atom is -0.348 e. The van der Waals surface area contributed by atoms with Gasteiger partial charge in [0.2, 0.25) is 5.91 Å². The summed E-state index contributed by atoms with van der Waals surface area (Å²) >= 11 is 0. The van der Waals surface area contributed by atoms with Crippen LogP contribution in [0.2, 0.25) is 0 Å². The van der Waals surface area contributed by atoms with E-state index in [1.54, 1.807) is 6.92 Å². The Morgan fingerprint density at radius 3 is 2.74 bits per heavy atom. The molecule has 0 aromatic heterocycles. The van der Waals surface area contributed by atoms with Crippen molar-refractivity contribution in [1.82, 2.24) is 5.32 Å². The topological polar surface area (TPSA) is 55.1 Å². The number of hydrogen-bond acceptors (Lipinski definition) is 2. The van der Waals surface area contributed by atoms with Gasteiger partial charge in [-0.2, -0.15) is 0 Å². The van der Waals surface area contributed by atoms with Gasteiger partial charge in [-0.15, -0.1) is 0 Å². The molecule has 2 atom stereocenters. The van der Waals surface area contributed by atoms with E-state index in [4.69, 9.17) is 5.73 Å². The Morgan fingerprint density at radius 1 is 1.42 bits per heavy atom. The van der Waals surface area contributed by atoms with Crippen molar-refractivity contribution in [2.24, 2.45) is 5.73 Å². The van der Waals surface area contributed by atoms with Crippen molar-refractivity contribution < 1.29 is 13.6 Å². The number of nitrogens with two attached hydrogens (primary N) is 1. The van der Waals surface area contributed by atoms with Gasteiger partial charge in [0, 0.05) is 5.56 Å². The summed E-state index contributed by atoms with van der Waals surface area (Å²) in [5.41, 5.74) is 5.84. The first-order valence-electron chi connectivity index (χ1n) is 6.46. The highest BCUT2D eigenvalue weighted by Gasteiger charge is 2.18. The average Bonchev–Trinajstić information content (AvgIpc) is 2.38. The van der Waals surface area contributed by atoms with Crippen LogP contribution < -0.4 is 11.1 Å². The Labute approximate surface area is 112 Å². The molecule has 0 aliphatic heterocycles. The zero-order chi connectivity index (χ0) is 14.4. The second-order valence-corrected chi connectivity index (χ2v) is 4.64. The summed E-state index contributed by atoms with van der Waals surface area (Å²) in [6, 6.07) is 1.94. The highest BCUT2D eigenvalue weighted by atomic mass is 19.1. The molecule has 19 heavy (non-hydrogen) atoms. The third-order valence-electron chi connectivity index (χ3n) is 2.99. The van der Waals surface area contributed by atoms with Crippen LogP contribution in [0.1, 0.15) is 44.7 Å². The van der Waals surface area contributed by atoms with E-state index < -0.39 is 23.7 Å². The van der Waals surface area contributed by atoms with Crippen molar-refractivity contribution in [2.75, 3.05) is 0 Å². The quantitative estimate of drug-likeness (QED) is 0.835. The van der Waals surface area contributed by atoms with Crippen molar-refractivity contribution >= 4 is 5.91 Å². The zero-order valence-electron chi connectivity index (χ0n) is 11.2. The van der Waals surface area contributed by atoms with Gasteiger partial charge in [-0.3, -0.25) is 4.79 Å². The molecule has 3 N–H and O–H groups in total. The van der Waals surface area contributed by atoms with Crippen LogP contribution in [0, 0.1) is 11.6 Å². The summed E-state index contributed by atoms with van der Waals surface area (Å²) < 4.78 is 26.6. The number of hydrogen-bond donors (Lipinski definition) is 2. The van der Waals surface area contributed by atoms with Gasteiger partial charge >= 0.3 is 0 Å². The fourth-order valence-corrected chi connectivity index (χ4v) is 1.80. The number of halogens is 2. The maximum absolute atomic E-state index is 13.5. The molecule has 1 rings (SSSR count). The summed E-state index contributed by atoms with van der Waals surface area (Å²) in [7, 11) is 0. The molecule has 0 spiro atoms. The van der Waals surface area contributed by atoms with Crippen LogP contribution in [0.15, 0.2) is 18.2 Å². The van der Waals surface area contributed by atoms with E-state index in [0.29, 0.717) is 6.42 Å². The van der Waals surface area contributed by atoms with Gasteiger partial charge in [0.25, 0.3) is 0 Å². The molecule has 1 aromatic rings. The third-order valence-corrected chi connectivity index (χ3v) is 2.99. The molecule has 2 unspecified atom stereocenters. The van der Waals surface area contributed by atoms with E-state index in [9.17, 15) is 13.6 Å². The predicted molar refractivity (Wildman–Crippen MR) is 70.4 cm³/mol. The fraction of sp³-hybridized carbons (Fsp3) is 0.500. The number of carbonyl (C=O) groups excluding carboxylic acids is 1. The maximum atomic E-state index is 13.5. The molecule has 0 heterocycles. The van der Waals surface area contributed by atoms with Gasteiger partial charge in [-0.25, -0.2) is 8.78 Å². The van der Waals surface area contributed by atoms with Crippen LogP contribution in [0.5, 0.6) is 0 Å². The van der Waals surface area contributed by atoms with Crippen molar-refractivity contribution in [1.29, 1.82) is 0 Å². The Hall–Kier alpha value is -1.49. The van der Waals surface area contributed by atoms with Crippen LogP contribution in [-0.2, 0) is 4.79 Å². The number of rotatable bonds is 6. The summed E-state index contributed by atoms with van der Waals surface area (Å²) in [6.07, 6.45) is 2.40. The van der Waals surface area contributed by atoms with Crippen molar-refractivity contribution in [2.45, 2.75) is 45.2 Å². The molecule has 1 aromatic carbocycles. The molecule has 0 bridgehead atoms. The van der Waals surface area contributed by atoms with Gasteiger partial charge in [0.15, 0.2) is 0 Å². The van der Waals surface area contributed by atoms with Crippen LogP contribution in [-0.4, -0.2) is 11.9 Å². The Balaban J connectivity index is 2.66. The van der Waals surface area contributed by atoms with E-state index in [-0.39, 0.29) is 11.5 Å². The van der Waals surface area contributed by atoms with Gasteiger partial charge in [-0.1, -0.05) is 19.8 Å². The lowest BCUT2D eigenvalue weighted by molar-refractivity contribution is -0.123. The van der Waals surface area contributed by atoms with E-state index >= 15 is 0 Å². The molecule has 0 saturated heterocycles. The average molecular weight is 270 g/mol. The Bertz CT molecular complexity index is 437. The predicted octanol–water partition coefficient (Wildman–Crippen LogP) is 2.66. The van der Waals surface area contributed by atoms with Crippen molar-refractivity contribution in [3.8, 4) is 0 Å². The van der Waals surface area contributed by atoms with E-state index in [2.05, 4.69) is 5.32 Å². The standard InChI is InChI=1S/C14H20F2N2O/c1-3-4-5-13(17)14(19)18-9(2)11-8-10(15)6-7-12(11)16/h6-9,13H,3-5,17H2,1-2H3,(H,18,19). The maximum Gasteiger partial charge on any atom is 0.237 e. The summed E-state index contributed by atoms with van der Waals surface area (Å²) in [5.74, 6) is -1.42. The number of benzene rings is 1. The highest BCUT2D eigenvalue weighted by Crippen LogP contribution is 2.18. The molecule has 1 amide bonds. The molecular weight excluding hydrogens is 250 g/mol. The van der Waals surface area contributed by atoms with Crippen LogP contribution in [0.4, 0.5) is 8.78 Å². The van der Waals surface area contributed by atoms with Crippen LogP contribution in [0.3, 0.4) is 0 Å². The van der Waals surface area contributed by atoms with Crippen LogP contribution in [0.25, 0.3) is 0 Å². The molecular formula is C14H20F2N2O. The molecule has 0 saturated carbocycles. The van der Waals surface area contributed by atoms with Crippen molar-refractivity contribution in [3.63, 3.8) is 0 Å². The molecule has 0 aliphatic rings. The summed E-state index contributed by atoms with van der Waals surface area (Å²) in [6.45, 7) is 3.61. The van der Waals surface area contributed by atoms with Crippen LogP contribution >= 0.6 is 0 Å². The van der Waals surface area contributed by atoms with Gasteiger partial charge in [0.1, 0.15) is 11.6 Å². The first kappa shape index (κ1) is 15.6. The minimum absolute atomic E-state index is 0.121. The molecule has 0 aliphatic carbocycles. The monoisotopic (exact) mass is 270 g/mol. The molecule has 0 radical (unpaired) electrons. The Kier molecular flexibility index (Phi) is 5.89. The zero-order valence-corrected chi connectivity index (χ0v) is 11.2. The minimum atomic E-state index is -0.615. The lowest BCUT2D eigenvalue weighted by Gasteiger charge is -2.18. The molecule has 106 valence electrons. The first-order chi connectivity index (χ1) is 8.95. The number of nitrogens with one attached hydrogen (secondary N) is 1. The largest absolute Gasteiger partial charge is 0.348 e. The van der Waals surface area contributed by atoms with Crippen molar-refractivity contribution in [3.05, 3.63) is 35.4 Å². The summed E-state index contributed by atoms with van der Waals surface area (Å²) in [5, 5.41) is 2.60. The second-order valence-electron chi connectivity index (χ2n) is 4.64. The number of carbonyl (C=O) groups is 1. The number of amides is 1. The smallest absolute Gasteiger partial charge is 0.237 e. The molecule has 5 heteroatoms.